The largest absolute Gasteiger partial charge is 0.418 e. The summed E-state index contributed by atoms with van der Waals surface area (Å²) in [4.78, 5) is 17.7. The zero-order valence-corrected chi connectivity index (χ0v) is 21.7. The number of nitrogens with zero attached hydrogens (tertiary/aromatic N) is 5. The van der Waals surface area contributed by atoms with Crippen LogP contribution in [0.15, 0.2) is 53.8 Å². The molecule has 2 aromatic carbocycles. The lowest BCUT2D eigenvalue weighted by atomic mass is 9.72. The number of aromatic nitrogens is 5. The highest BCUT2D eigenvalue weighted by Gasteiger charge is 2.35. The molecular weight excluding hydrogens is 493 g/mol. The van der Waals surface area contributed by atoms with Crippen LogP contribution in [0, 0.1) is 11.8 Å². The van der Waals surface area contributed by atoms with Crippen LogP contribution in [-0.2, 0) is 19.8 Å². The molecule has 5 rings (SSSR count). The standard InChI is InChI=1S/C28H31F3N6O/c1-17(2)13-32-14-18-10-22-25(23(11-18)28(29,30)31)33-15-37(27(22)38)21-9-5-8-20(12-21)24(19-6-4-7-19)26-35-34-16-36(26)3/h5,8-12,15-17,19,24,32H,4,6-7,13-14H2,1-3H3. The van der Waals surface area contributed by atoms with E-state index in [0.29, 0.717) is 29.6 Å². The minimum atomic E-state index is -4.63. The van der Waals surface area contributed by atoms with E-state index in [1.54, 1.807) is 12.4 Å². The van der Waals surface area contributed by atoms with Crippen LogP contribution in [0.5, 0.6) is 0 Å². The maximum atomic E-state index is 13.9. The van der Waals surface area contributed by atoms with Crippen LogP contribution in [0.2, 0.25) is 0 Å². The van der Waals surface area contributed by atoms with Crippen LogP contribution in [0.1, 0.15) is 61.5 Å². The summed E-state index contributed by atoms with van der Waals surface area (Å²) in [6, 6.07) is 10.1. The highest BCUT2D eigenvalue weighted by atomic mass is 19.4. The molecule has 0 bridgehead atoms. The predicted molar refractivity (Wildman–Crippen MR) is 139 cm³/mol. The summed E-state index contributed by atoms with van der Waals surface area (Å²) in [5.74, 6) is 1.61. The molecule has 4 aromatic rings. The summed E-state index contributed by atoms with van der Waals surface area (Å²) in [5.41, 5.74) is 0.143. The lowest BCUT2D eigenvalue weighted by Gasteiger charge is -2.33. The molecule has 7 nitrogen and oxygen atoms in total. The Morgan fingerprint density at radius 3 is 2.55 bits per heavy atom. The average Bonchev–Trinajstić information content (AvgIpc) is 3.26. The number of hydrogen-bond acceptors (Lipinski definition) is 5. The maximum absolute atomic E-state index is 13.9. The van der Waals surface area contributed by atoms with Gasteiger partial charge in [-0.1, -0.05) is 32.4 Å². The number of nitrogens with one attached hydrogen (secondary N) is 1. The van der Waals surface area contributed by atoms with Gasteiger partial charge in [-0.05, 0) is 66.6 Å². The van der Waals surface area contributed by atoms with Gasteiger partial charge in [-0.2, -0.15) is 13.2 Å². The second-order valence-corrected chi connectivity index (χ2v) is 10.5. The van der Waals surface area contributed by atoms with Crippen LogP contribution < -0.4 is 10.9 Å². The number of halogens is 3. The molecule has 1 N–H and O–H groups in total. The Morgan fingerprint density at radius 1 is 1.13 bits per heavy atom. The van der Waals surface area contributed by atoms with Crippen molar-refractivity contribution in [2.24, 2.45) is 18.9 Å². The quantitative estimate of drug-likeness (QED) is 0.342. The summed E-state index contributed by atoms with van der Waals surface area (Å²) in [6.45, 7) is 4.91. The Labute approximate surface area is 218 Å². The molecule has 1 aliphatic rings. The molecule has 0 aliphatic heterocycles. The number of alkyl halides is 3. The van der Waals surface area contributed by atoms with Crippen molar-refractivity contribution in [3.63, 3.8) is 0 Å². The molecule has 38 heavy (non-hydrogen) atoms. The summed E-state index contributed by atoms with van der Waals surface area (Å²) in [7, 11) is 1.91. The molecule has 2 heterocycles. The molecule has 0 spiro atoms. The van der Waals surface area contributed by atoms with Gasteiger partial charge in [-0.15, -0.1) is 10.2 Å². The minimum absolute atomic E-state index is 0.00999. The average molecular weight is 525 g/mol. The van der Waals surface area contributed by atoms with E-state index in [4.69, 9.17) is 0 Å². The Hall–Kier alpha value is -3.53. The molecule has 200 valence electrons. The maximum Gasteiger partial charge on any atom is 0.418 e. The zero-order valence-electron chi connectivity index (χ0n) is 21.7. The molecule has 1 atom stereocenters. The third-order valence-corrected chi connectivity index (χ3v) is 7.26. The molecular formula is C28H31F3N6O. The van der Waals surface area contributed by atoms with Crippen molar-refractivity contribution in [1.82, 2.24) is 29.6 Å². The number of fused-ring (bicyclic) bond motifs is 1. The Balaban J connectivity index is 1.59. The second-order valence-electron chi connectivity index (χ2n) is 10.5. The van der Waals surface area contributed by atoms with Crippen molar-refractivity contribution in [3.05, 3.63) is 81.9 Å². The van der Waals surface area contributed by atoms with Gasteiger partial charge < -0.3 is 9.88 Å². The van der Waals surface area contributed by atoms with Gasteiger partial charge in [0.05, 0.1) is 22.2 Å². The van der Waals surface area contributed by atoms with Crippen LogP contribution in [0.3, 0.4) is 0 Å². The predicted octanol–water partition coefficient (Wildman–Crippen LogP) is 5.21. The number of hydrogen-bond donors (Lipinski definition) is 1. The normalized spacial score (nSPS) is 15.2. The first-order valence-corrected chi connectivity index (χ1v) is 12.9. The molecule has 0 amide bonds. The van der Waals surface area contributed by atoms with Crippen LogP contribution in [0.4, 0.5) is 13.2 Å². The van der Waals surface area contributed by atoms with E-state index in [1.807, 2.05) is 43.7 Å². The summed E-state index contributed by atoms with van der Waals surface area (Å²) < 4.78 is 45.1. The van der Waals surface area contributed by atoms with Gasteiger partial charge >= 0.3 is 6.18 Å². The monoisotopic (exact) mass is 524 g/mol. The van der Waals surface area contributed by atoms with Gasteiger partial charge in [-0.25, -0.2) is 4.98 Å². The van der Waals surface area contributed by atoms with E-state index in [0.717, 1.165) is 36.7 Å². The summed E-state index contributed by atoms with van der Waals surface area (Å²) in [6.07, 6.45) is 1.54. The fourth-order valence-corrected chi connectivity index (χ4v) is 5.15. The fourth-order valence-electron chi connectivity index (χ4n) is 5.15. The Morgan fingerprint density at radius 2 is 1.92 bits per heavy atom. The Kier molecular flexibility index (Phi) is 7.09. The third kappa shape index (κ3) is 5.09. The third-order valence-electron chi connectivity index (χ3n) is 7.26. The number of rotatable bonds is 8. The van der Waals surface area contributed by atoms with E-state index >= 15 is 0 Å². The van der Waals surface area contributed by atoms with Crippen molar-refractivity contribution < 1.29 is 13.2 Å². The fraction of sp³-hybridized carbons (Fsp3) is 0.429. The van der Waals surface area contributed by atoms with E-state index in [-0.39, 0.29) is 23.4 Å². The molecule has 1 saturated carbocycles. The van der Waals surface area contributed by atoms with Crippen LogP contribution >= 0.6 is 0 Å². The number of aryl methyl sites for hydroxylation is 1. The number of benzene rings is 2. The van der Waals surface area contributed by atoms with Crippen molar-refractivity contribution in [3.8, 4) is 5.69 Å². The van der Waals surface area contributed by atoms with Gasteiger partial charge in [-0.3, -0.25) is 9.36 Å². The first kappa shape index (κ1) is 26.1. The van der Waals surface area contributed by atoms with Crippen LogP contribution in [-0.4, -0.2) is 30.9 Å². The van der Waals surface area contributed by atoms with Crippen molar-refractivity contribution in [1.29, 1.82) is 0 Å². The van der Waals surface area contributed by atoms with Gasteiger partial charge in [0, 0.05) is 19.5 Å². The van der Waals surface area contributed by atoms with Gasteiger partial charge in [0.1, 0.15) is 18.5 Å². The van der Waals surface area contributed by atoms with Crippen molar-refractivity contribution in [2.75, 3.05) is 6.54 Å². The van der Waals surface area contributed by atoms with Crippen molar-refractivity contribution >= 4 is 10.9 Å². The SMILES string of the molecule is CC(C)CNCc1cc(C(F)(F)F)c2ncn(-c3cccc(C(c4nncn4C)C4CCC4)c3)c(=O)c2c1. The zero-order chi connectivity index (χ0) is 27.0. The van der Waals surface area contributed by atoms with Gasteiger partial charge in [0.2, 0.25) is 0 Å². The van der Waals surface area contributed by atoms with E-state index < -0.39 is 17.3 Å². The van der Waals surface area contributed by atoms with E-state index in [2.05, 4.69) is 20.5 Å². The molecule has 0 radical (unpaired) electrons. The lowest BCUT2D eigenvalue weighted by Crippen LogP contribution is -2.25. The molecule has 10 heteroatoms. The first-order valence-electron chi connectivity index (χ1n) is 12.9. The molecule has 0 saturated heterocycles. The highest BCUT2D eigenvalue weighted by molar-refractivity contribution is 5.82. The van der Waals surface area contributed by atoms with Crippen LogP contribution in [0.25, 0.3) is 16.6 Å². The van der Waals surface area contributed by atoms with Gasteiger partial charge in [0.15, 0.2) is 0 Å². The molecule has 2 aromatic heterocycles. The smallest absolute Gasteiger partial charge is 0.320 e. The molecule has 1 fully saturated rings. The second kappa shape index (κ2) is 10.3. The Bertz CT molecular complexity index is 1500. The minimum Gasteiger partial charge on any atom is -0.320 e. The first-order chi connectivity index (χ1) is 18.1. The van der Waals surface area contributed by atoms with E-state index in [1.165, 1.54) is 17.0 Å². The summed E-state index contributed by atoms with van der Waals surface area (Å²) >= 11 is 0. The molecule has 1 unspecified atom stereocenters. The summed E-state index contributed by atoms with van der Waals surface area (Å²) in [5, 5.41) is 11.5. The highest BCUT2D eigenvalue weighted by Crippen LogP contribution is 2.43. The lowest BCUT2D eigenvalue weighted by molar-refractivity contribution is -0.136. The van der Waals surface area contributed by atoms with Gasteiger partial charge in [0.25, 0.3) is 5.56 Å². The molecule has 1 aliphatic carbocycles. The topological polar surface area (TPSA) is 77.6 Å². The van der Waals surface area contributed by atoms with Crippen molar-refractivity contribution in [2.45, 2.75) is 51.7 Å². The van der Waals surface area contributed by atoms with E-state index in [9.17, 15) is 18.0 Å².